The highest BCUT2D eigenvalue weighted by Gasteiger charge is 2.48. The summed E-state index contributed by atoms with van der Waals surface area (Å²) in [6.07, 6.45) is 0.660. The number of nitrogens with zero attached hydrogens (tertiary/aromatic N) is 1. The summed E-state index contributed by atoms with van der Waals surface area (Å²) >= 11 is 0. The van der Waals surface area contributed by atoms with Gasteiger partial charge < -0.3 is 39.8 Å². The van der Waals surface area contributed by atoms with Gasteiger partial charge in [0, 0.05) is 42.3 Å². The molecule has 4 heterocycles. The molecule has 3 atom stereocenters. The number of piperidine rings is 3. The van der Waals surface area contributed by atoms with Crippen molar-refractivity contribution < 1.29 is 38.1 Å². The predicted octanol–water partition coefficient (Wildman–Crippen LogP) is 7.13. The molecule has 3 aliphatic heterocycles. The van der Waals surface area contributed by atoms with E-state index in [4.69, 9.17) is 9.47 Å². The Hall–Kier alpha value is -6.34. The number of aromatic nitrogens is 1. The highest BCUT2D eigenvalue weighted by molar-refractivity contribution is 5.97. The smallest absolute Gasteiger partial charge is 0.408 e. The van der Waals surface area contributed by atoms with Crippen molar-refractivity contribution in [1.29, 1.82) is 0 Å². The standard InChI is InChI=1S/C49H49FN4O7/c50-38-13-5-11-36(26-38)47(53-49(59)61-45-30-54(23-20-35(45)21-24-54)29-44(57)34-9-2-1-3-10-34)37-12-6-14-39(27-37)60-31-33-8-4-7-32(25-33)19-22-51-28-43(56)40-15-17-42(55)48-41(40)16-18-46(58)52-48/h1-18,25-27,35,43,45,47,51,56H,19-24,28-31H2,(H2-,52,53,55,58,59)/p+1/t35?,43-,45-,47?,54?/m0/s1. The van der Waals surface area contributed by atoms with Crippen molar-refractivity contribution in [3.63, 3.8) is 0 Å². The molecular formula is C49H50FN4O7+. The van der Waals surface area contributed by atoms with E-state index in [-0.39, 0.29) is 42.3 Å². The number of hydrogen-bond donors (Lipinski definition) is 5. The lowest BCUT2D eigenvalue weighted by atomic mass is 9.83. The Kier molecular flexibility index (Phi) is 12.6. The fourth-order valence-electron chi connectivity index (χ4n) is 8.89. The summed E-state index contributed by atoms with van der Waals surface area (Å²) in [5.41, 5.74) is 4.55. The third-order valence-corrected chi connectivity index (χ3v) is 12.1. The van der Waals surface area contributed by atoms with E-state index in [1.54, 1.807) is 24.3 Å². The number of phenols is 1. The topological polar surface area (TPSA) is 150 Å². The van der Waals surface area contributed by atoms with E-state index in [0.717, 1.165) is 37.1 Å². The first-order valence-electron chi connectivity index (χ1n) is 20.8. The molecule has 1 unspecified atom stereocenters. The van der Waals surface area contributed by atoms with Crippen LogP contribution in [-0.4, -0.2) is 76.9 Å². The number of hydrogen-bond acceptors (Lipinski definition) is 8. The van der Waals surface area contributed by atoms with Gasteiger partial charge in [0.2, 0.25) is 11.3 Å². The summed E-state index contributed by atoms with van der Waals surface area (Å²) in [6, 6.07) is 36.3. The molecule has 1 amide bonds. The number of halogens is 1. The Labute approximate surface area is 353 Å². The molecule has 0 spiro atoms. The molecule has 9 rings (SSSR count). The monoisotopic (exact) mass is 825 g/mol. The molecule has 3 fully saturated rings. The number of benzene rings is 5. The average Bonchev–Trinajstić information content (AvgIpc) is 3.27. The normalized spacial score (nSPS) is 19.2. The van der Waals surface area contributed by atoms with E-state index < -0.39 is 24.1 Å². The van der Waals surface area contributed by atoms with E-state index in [1.807, 2.05) is 72.8 Å². The Morgan fingerprint density at radius 2 is 1.61 bits per heavy atom. The average molecular weight is 826 g/mol. The van der Waals surface area contributed by atoms with Gasteiger partial charge in [-0.15, -0.1) is 0 Å². The van der Waals surface area contributed by atoms with Gasteiger partial charge in [-0.3, -0.25) is 9.59 Å². The SMILES string of the molecule is O=C(NC(c1cccc(F)c1)c1cccc(OCc2cccc(CCNC[C@H](O)c3ccc(O)c4[nH]c(=O)ccc34)c2)c1)O[C@H]1C[N+]2(CC(=O)c3ccccc3)CCC1CC2. The van der Waals surface area contributed by atoms with Crippen LogP contribution < -0.4 is 20.9 Å². The van der Waals surface area contributed by atoms with Gasteiger partial charge in [-0.2, -0.15) is 0 Å². The number of ether oxygens (including phenoxy) is 2. The van der Waals surface area contributed by atoms with Crippen LogP contribution in [0, 0.1) is 11.7 Å². The number of amides is 1. The van der Waals surface area contributed by atoms with Gasteiger partial charge in [0.25, 0.3) is 0 Å². The molecule has 3 aliphatic rings. The molecule has 0 radical (unpaired) electrons. The van der Waals surface area contributed by atoms with Crippen molar-refractivity contribution in [1.82, 2.24) is 15.6 Å². The molecule has 0 saturated carbocycles. The van der Waals surface area contributed by atoms with Crippen molar-refractivity contribution in [3.05, 3.63) is 177 Å². The van der Waals surface area contributed by atoms with Crippen molar-refractivity contribution >= 4 is 22.8 Å². The number of ketones is 1. The van der Waals surface area contributed by atoms with Crippen LogP contribution in [0.1, 0.15) is 63.2 Å². The number of Topliss-reactive ketones (excluding diaryl/α,β-unsaturated/α-hetero) is 1. The van der Waals surface area contributed by atoms with Crippen LogP contribution in [0.2, 0.25) is 0 Å². The fraction of sp³-hybridized carbons (Fsp3) is 0.286. The maximum Gasteiger partial charge on any atom is 0.408 e. The number of pyridine rings is 1. The number of aliphatic hydroxyl groups excluding tert-OH is 1. The van der Waals surface area contributed by atoms with Crippen LogP contribution >= 0.6 is 0 Å². The molecule has 2 bridgehead atoms. The minimum absolute atomic E-state index is 0.0546. The third kappa shape index (κ3) is 10.0. The summed E-state index contributed by atoms with van der Waals surface area (Å²) in [5.74, 6) is 0.411. The zero-order valence-electron chi connectivity index (χ0n) is 33.8. The number of aliphatic hydroxyl groups is 1. The van der Waals surface area contributed by atoms with E-state index in [9.17, 15) is 29.0 Å². The Morgan fingerprint density at radius 1 is 0.852 bits per heavy atom. The first kappa shape index (κ1) is 41.4. The number of carbonyl (C=O) groups excluding carboxylic acids is 2. The summed E-state index contributed by atoms with van der Waals surface area (Å²) in [7, 11) is 0. The molecule has 12 heteroatoms. The number of nitrogens with one attached hydrogen (secondary N) is 3. The largest absolute Gasteiger partial charge is 0.506 e. The van der Waals surface area contributed by atoms with Crippen molar-refractivity contribution in [3.8, 4) is 11.5 Å². The van der Waals surface area contributed by atoms with Gasteiger partial charge in [-0.05, 0) is 77.2 Å². The van der Waals surface area contributed by atoms with Gasteiger partial charge in [0.15, 0.2) is 6.10 Å². The summed E-state index contributed by atoms with van der Waals surface area (Å²) < 4.78 is 27.6. The number of H-pyrrole nitrogens is 1. The van der Waals surface area contributed by atoms with Gasteiger partial charge in [0.1, 0.15) is 37.0 Å². The van der Waals surface area contributed by atoms with Crippen LogP contribution in [0.3, 0.4) is 0 Å². The first-order chi connectivity index (χ1) is 29.6. The Morgan fingerprint density at radius 3 is 2.41 bits per heavy atom. The minimum Gasteiger partial charge on any atom is -0.506 e. The van der Waals surface area contributed by atoms with Crippen molar-refractivity contribution in [2.45, 2.75) is 44.1 Å². The second-order valence-corrected chi connectivity index (χ2v) is 16.3. The molecule has 314 valence electrons. The number of carbonyl (C=O) groups is 2. The Bertz CT molecular complexity index is 2560. The molecule has 61 heavy (non-hydrogen) atoms. The lowest BCUT2D eigenvalue weighted by molar-refractivity contribution is -0.938. The van der Waals surface area contributed by atoms with Gasteiger partial charge >= 0.3 is 6.09 Å². The minimum atomic E-state index is -0.854. The van der Waals surface area contributed by atoms with E-state index in [2.05, 4.69) is 21.7 Å². The molecular weight excluding hydrogens is 776 g/mol. The molecule has 5 aromatic carbocycles. The second kappa shape index (κ2) is 18.5. The second-order valence-electron chi connectivity index (χ2n) is 16.3. The lowest BCUT2D eigenvalue weighted by Gasteiger charge is -2.51. The number of fused-ring (bicyclic) bond motifs is 4. The summed E-state index contributed by atoms with van der Waals surface area (Å²) in [4.78, 5) is 41.3. The van der Waals surface area contributed by atoms with Crippen LogP contribution in [-0.2, 0) is 17.8 Å². The highest BCUT2D eigenvalue weighted by atomic mass is 19.1. The summed E-state index contributed by atoms with van der Waals surface area (Å²) in [6.45, 7) is 3.87. The number of quaternary nitrogens is 1. The third-order valence-electron chi connectivity index (χ3n) is 12.1. The first-order valence-corrected chi connectivity index (χ1v) is 20.8. The van der Waals surface area contributed by atoms with E-state index in [1.165, 1.54) is 24.3 Å². The Balaban J connectivity index is 0.876. The van der Waals surface area contributed by atoms with Gasteiger partial charge in [-0.1, -0.05) is 84.9 Å². The van der Waals surface area contributed by atoms with Gasteiger partial charge in [0.05, 0.1) is 30.8 Å². The number of phenolic OH excluding ortho intramolecular Hbond substituents is 1. The molecule has 1 aromatic heterocycles. The fourth-order valence-corrected chi connectivity index (χ4v) is 8.89. The molecule has 0 aliphatic carbocycles. The van der Waals surface area contributed by atoms with E-state index >= 15 is 0 Å². The van der Waals surface area contributed by atoms with Gasteiger partial charge in [-0.25, -0.2) is 9.18 Å². The van der Waals surface area contributed by atoms with Crippen LogP contribution in [0.15, 0.2) is 132 Å². The quantitative estimate of drug-likeness (QED) is 0.0394. The molecule has 3 saturated heterocycles. The number of alkyl carbamates (subject to hydrolysis) is 1. The highest BCUT2D eigenvalue weighted by Crippen LogP contribution is 2.36. The zero-order chi connectivity index (χ0) is 42.3. The van der Waals surface area contributed by atoms with Crippen LogP contribution in [0.25, 0.3) is 10.9 Å². The zero-order valence-corrected chi connectivity index (χ0v) is 33.8. The van der Waals surface area contributed by atoms with Crippen molar-refractivity contribution in [2.24, 2.45) is 5.92 Å². The lowest BCUT2D eigenvalue weighted by Crippen LogP contribution is -2.66. The number of aromatic hydroxyl groups is 1. The number of aromatic amines is 1. The van der Waals surface area contributed by atoms with Crippen molar-refractivity contribution in [2.75, 3.05) is 39.3 Å². The molecule has 11 nitrogen and oxygen atoms in total. The van der Waals surface area contributed by atoms with E-state index in [0.29, 0.717) is 69.4 Å². The van der Waals surface area contributed by atoms with Crippen LogP contribution in [0.5, 0.6) is 11.5 Å². The summed E-state index contributed by atoms with van der Waals surface area (Å²) in [5, 5.41) is 28.0. The number of rotatable bonds is 16. The molecule has 5 N–H and O–H groups in total. The maximum atomic E-state index is 14.6. The maximum absolute atomic E-state index is 14.6. The van der Waals surface area contributed by atoms with Crippen LogP contribution in [0.4, 0.5) is 9.18 Å². The predicted molar refractivity (Wildman–Crippen MR) is 230 cm³/mol. The molecule has 6 aromatic rings.